The summed E-state index contributed by atoms with van der Waals surface area (Å²) in [5.41, 5.74) is 4.41. The van der Waals surface area contributed by atoms with Gasteiger partial charge in [0, 0.05) is 18.8 Å². The Hall–Kier alpha value is -2.64. The van der Waals surface area contributed by atoms with E-state index in [1.54, 1.807) is 19.1 Å². The molecule has 7 heteroatoms. The highest BCUT2D eigenvalue weighted by atomic mass is 32.1. The molecule has 0 atom stereocenters. The fraction of sp³-hybridized carbons (Fsp3) is 0.391. The number of thiocarbonyl (C=S) groups is 1. The highest BCUT2D eigenvalue weighted by Crippen LogP contribution is 2.29. The summed E-state index contributed by atoms with van der Waals surface area (Å²) in [6.45, 7) is 9.36. The zero-order valence-corrected chi connectivity index (χ0v) is 18.6. The number of carbonyl (C=O) groups excluding carboxylic acids is 1. The van der Waals surface area contributed by atoms with Crippen LogP contribution in [0.3, 0.4) is 0 Å². The van der Waals surface area contributed by atoms with Gasteiger partial charge in [-0.25, -0.2) is 4.79 Å². The van der Waals surface area contributed by atoms with Crippen molar-refractivity contribution >= 4 is 40.4 Å². The third-order valence-electron chi connectivity index (χ3n) is 4.94. The van der Waals surface area contributed by atoms with Gasteiger partial charge in [0.2, 0.25) is 0 Å². The maximum atomic E-state index is 12.2. The van der Waals surface area contributed by atoms with E-state index >= 15 is 0 Å². The number of anilines is 3. The minimum Gasteiger partial charge on any atom is -0.462 e. The molecule has 2 N–H and O–H groups in total. The number of ether oxygens (including phenoxy) is 2. The highest BCUT2D eigenvalue weighted by molar-refractivity contribution is 7.80. The molecule has 0 spiro atoms. The molecule has 0 amide bonds. The molecule has 0 radical (unpaired) electrons. The molecule has 6 nitrogen and oxygen atoms in total. The quantitative estimate of drug-likeness (QED) is 0.515. The lowest BCUT2D eigenvalue weighted by Crippen LogP contribution is -2.37. The standard InChI is InChI=1S/C23H29N3O3S/c1-4-29-22(27)18-7-10-21(26-11-13-28-14-12-26)20(15-18)25-23(30)24-19-8-5-17(6-9-19)16(2)3/h5-10,15-16H,4,11-14H2,1-3H3,(H2,24,25,30). The molecule has 160 valence electrons. The van der Waals surface area contributed by atoms with Crippen LogP contribution in [-0.4, -0.2) is 44.0 Å². The van der Waals surface area contributed by atoms with Gasteiger partial charge in [-0.15, -0.1) is 0 Å². The molecule has 1 aliphatic heterocycles. The van der Waals surface area contributed by atoms with Gasteiger partial charge in [-0.3, -0.25) is 0 Å². The van der Waals surface area contributed by atoms with E-state index in [9.17, 15) is 4.79 Å². The lowest BCUT2D eigenvalue weighted by molar-refractivity contribution is 0.0526. The van der Waals surface area contributed by atoms with E-state index in [1.165, 1.54) is 5.56 Å². The monoisotopic (exact) mass is 427 g/mol. The molecule has 0 bridgehead atoms. The van der Waals surface area contributed by atoms with Crippen molar-refractivity contribution in [2.75, 3.05) is 48.4 Å². The molecule has 1 fully saturated rings. The Kier molecular flexibility index (Phi) is 7.65. The largest absolute Gasteiger partial charge is 0.462 e. The number of benzene rings is 2. The van der Waals surface area contributed by atoms with E-state index in [0.29, 0.717) is 36.4 Å². The molecule has 30 heavy (non-hydrogen) atoms. The number of carbonyl (C=O) groups is 1. The van der Waals surface area contributed by atoms with Gasteiger partial charge in [0.1, 0.15) is 0 Å². The first-order valence-electron chi connectivity index (χ1n) is 10.3. The predicted molar refractivity (Wildman–Crippen MR) is 126 cm³/mol. The van der Waals surface area contributed by atoms with Gasteiger partial charge >= 0.3 is 5.97 Å². The lowest BCUT2D eigenvalue weighted by Gasteiger charge is -2.31. The van der Waals surface area contributed by atoms with E-state index in [2.05, 4.69) is 41.5 Å². The molecular weight excluding hydrogens is 398 g/mol. The minimum absolute atomic E-state index is 0.332. The molecule has 2 aromatic rings. The Bertz CT molecular complexity index is 878. The number of esters is 1. The molecule has 3 rings (SSSR count). The van der Waals surface area contributed by atoms with Gasteiger partial charge < -0.3 is 25.0 Å². The van der Waals surface area contributed by atoms with E-state index in [4.69, 9.17) is 21.7 Å². The van der Waals surface area contributed by atoms with Gasteiger partial charge in [0.25, 0.3) is 0 Å². The second-order valence-corrected chi connectivity index (χ2v) is 7.82. The van der Waals surface area contributed by atoms with Crippen molar-refractivity contribution in [3.63, 3.8) is 0 Å². The first-order chi connectivity index (χ1) is 14.5. The van der Waals surface area contributed by atoms with Crippen molar-refractivity contribution in [3.8, 4) is 0 Å². The third-order valence-corrected chi connectivity index (χ3v) is 5.15. The summed E-state index contributed by atoms with van der Waals surface area (Å²) in [7, 11) is 0. The van der Waals surface area contributed by atoms with Gasteiger partial charge in [0.05, 0.1) is 36.8 Å². The SMILES string of the molecule is CCOC(=O)c1ccc(N2CCOCC2)c(NC(=S)Nc2ccc(C(C)C)cc2)c1. The highest BCUT2D eigenvalue weighted by Gasteiger charge is 2.18. The summed E-state index contributed by atoms with van der Waals surface area (Å²) < 4.78 is 10.6. The average Bonchev–Trinajstić information content (AvgIpc) is 2.75. The summed E-state index contributed by atoms with van der Waals surface area (Å²) in [5.74, 6) is 0.128. The number of morpholine rings is 1. The molecule has 1 saturated heterocycles. The van der Waals surface area contributed by atoms with Crippen LogP contribution in [0.25, 0.3) is 0 Å². The maximum absolute atomic E-state index is 12.2. The normalized spacial score (nSPS) is 13.8. The first kappa shape index (κ1) is 22.1. The van der Waals surface area contributed by atoms with Crippen LogP contribution in [0, 0.1) is 0 Å². The van der Waals surface area contributed by atoms with E-state index in [0.717, 1.165) is 30.2 Å². The van der Waals surface area contributed by atoms with Crippen LogP contribution >= 0.6 is 12.2 Å². The maximum Gasteiger partial charge on any atom is 0.338 e. The van der Waals surface area contributed by atoms with E-state index < -0.39 is 0 Å². The van der Waals surface area contributed by atoms with Gasteiger partial charge in [0.15, 0.2) is 5.11 Å². The van der Waals surface area contributed by atoms with Crippen LogP contribution in [0.5, 0.6) is 0 Å². The number of hydrogen-bond donors (Lipinski definition) is 2. The summed E-state index contributed by atoms with van der Waals surface area (Å²) in [6, 6.07) is 13.7. The van der Waals surface area contributed by atoms with Gasteiger partial charge in [-0.05, 0) is 61.0 Å². The zero-order chi connectivity index (χ0) is 21.5. The lowest BCUT2D eigenvalue weighted by atomic mass is 10.0. The van der Waals surface area contributed by atoms with Crippen LogP contribution in [0.15, 0.2) is 42.5 Å². The van der Waals surface area contributed by atoms with Gasteiger partial charge in [-0.2, -0.15) is 0 Å². The fourth-order valence-electron chi connectivity index (χ4n) is 3.29. The number of hydrogen-bond acceptors (Lipinski definition) is 5. The van der Waals surface area contributed by atoms with Crippen LogP contribution in [0.4, 0.5) is 17.1 Å². The molecule has 0 aliphatic carbocycles. The van der Waals surface area contributed by atoms with Gasteiger partial charge in [-0.1, -0.05) is 26.0 Å². The smallest absolute Gasteiger partial charge is 0.338 e. The molecule has 0 saturated carbocycles. The number of nitrogens with one attached hydrogen (secondary N) is 2. The van der Waals surface area contributed by atoms with Crippen LogP contribution in [0.2, 0.25) is 0 Å². The molecule has 1 aliphatic rings. The minimum atomic E-state index is -0.350. The van der Waals surface area contributed by atoms with Crippen molar-refractivity contribution in [1.82, 2.24) is 0 Å². The van der Waals surface area contributed by atoms with Crippen molar-refractivity contribution in [2.45, 2.75) is 26.7 Å². The van der Waals surface area contributed by atoms with Crippen molar-refractivity contribution in [2.24, 2.45) is 0 Å². The molecular formula is C23H29N3O3S. The summed E-state index contributed by atoms with van der Waals surface area (Å²) >= 11 is 5.54. The van der Waals surface area contributed by atoms with Crippen molar-refractivity contribution in [3.05, 3.63) is 53.6 Å². The Morgan fingerprint density at radius 1 is 1.13 bits per heavy atom. The second-order valence-electron chi connectivity index (χ2n) is 7.41. The third kappa shape index (κ3) is 5.70. The molecule has 2 aromatic carbocycles. The predicted octanol–water partition coefficient (Wildman–Crippen LogP) is 4.63. The molecule has 0 unspecified atom stereocenters. The van der Waals surface area contributed by atoms with E-state index in [-0.39, 0.29) is 5.97 Å². The molecule has 0 aromatic heterocycles. The average molecular weight is 428 g/mol. The number of nitrogens with zero attached hydrogens (tertiary/aromatic N) is 1. The summed E-state index contributed by atoms with van der Waals surface area (Å²) in [6.07, 6.45) is 0. The topological polar surface area (TPSA) is 62.8 Å². The Labute approximate surface area is 183 Å². The van der Waals surface area contributed by atoms with Crippen molar-refractivity contribution < 1.29 is 14.3 Å². The Balaban J connectivity index is 1.79. The van der Waals surface area contributed by atoms with E-state index in [1.807, 2.05) is 18.2 Å². The van der Waals surface area contributed by atoms with Crippen LogP contribution < -0.4 is 15.5 Å². The second kappa shape index (κ2) is 10.4. The molecule has 1 heterocycles. The van der Waals surface area contributed by atoms with Crippen LogP contribution in [0.1, 0.15) is 42.6 Å². The Morgan fingerprint density at radius 2 is 1.83 bits per heavy atom. The van der Waals surface area contributed by atoms with Crippen molar-refractivity contribution in [1.29, 1.82) is 0 Å². The first-order valence-corrected chi connectivity index (χ1v) is 10.7. The zero-order valence-electron chi connectivity index (χ0n) is 17.7. The summed E-state index contributed by atoms with van der Waals surface area (Å²) in [4.78, 5) is 14.4. The summed E-state index contributed by atoms with van der Waals surface area (Å²) in [5, 5.41) is 6.94. The number of rotatable bonds is 6. The fourth-order valence-corrected chi connectivity index (χ4v) is 3.52. The van der Waals surface area contributed by atoms with Crippen LogP contribution in [-0.2, 0) is 9.47 Å². The Morgan fingerprint density at radius 3 is 2.47 bits per heavy atom.